The molecule has 0 aliphatic carbocycles. The quantitative estimate of drug-likeness (QED) is 0.797. The number of nitrogens with one attached hydrogen (secondary N) is 1. The monoisotopic (exact) mass is 268 g/mol. The fourth-order valence-corrected chi connectivity index (χ4v) is 1.57. The van der Waals surface area contributed by atoms with Crippen molar-refractivity contribution in [2.24, 2.45) is 5.73 Å². The van der Waals surface area contributed by atoms with Crippen molar-refractivity contribution in [2.45, 2.75) is 13.0 Å². The number of benzene rings is 1. The highest BCUT2D eigenvalue weighted by molar-refractivity contribution is 5.98. The van der Waals surface area contributed by atoms with Gasteiger partial charge in [0, 0.05) is 24.7 Å². The molecule has 1 amide bonds. The smallest absolute Gasteiger partial charge is 0.255 e. The zero-order chi connectivity index (χ0) is 14.4. The first-order valence-corrected chi connectivity index (χ1v) is 5.88. The van der Waals surface area contributed by atoms with Gasteiger partial charge in [0.15, 0.2) is 11.5 Å². The molecule has 0 unspecified atom stereocenters. The van der Waals surface area contributed by atoms with Crippen molar-refractivity contribution in [3.05, 3.63) is 17.7 Å². The summed E-state index contributed by atoms with van der Waals surface area (Å²) in [7, 11) is 4.52. The maximum Gasteiger partial charge on any atom is 0.255 e. The van der Waals surface area contributed by atoms with Crippen molar-refractivity contribution in [3.63, 3.8) is 0 Å². The Balaban J connectivity index is 3.14. The molecule has 0 aliphatic rings. The van der Waals surface area contributed by atoms with Crippen LogP contribution in [-0.4, -0.2) is 39.8 Å². The fraction of sp³-hybridized carbons (Fsp3) is 0.462. The molecule has 0 saturated heterocycles. The minimum Gasteiger partial charge on any atom is -0.496 e. The summed E-state index contributed by atoms with van der Waals surface area (Å²) >= 11 is 0. The van der Waals surface area contributed by atoms with Crippen molar-refractivity contribution in [1.82, 2.24) is 5.32 Å². The predicted octanol–water partition coefficient (Wildman–Crippen LogP) is 0.789. The normalized spacial score (nSPS) is 11.6. The van der Waals surface area contributed by atoms with Crippen LogP contribution >= 0.6 is 0 Å². The number of ether oxygens (including phenoxy) is 3. The van der Waals surface area contributed by atoms with Crippen molar-refractivity contribution in [2.75, 3.05) is 27.9 Å². The van der Waals surface area contributed by atoms with E-state index < -0.39 is 0 Å². The van der Waals surface area contributed by atoms with E-state index in [4.69, 9.17) is 19.9 Å². The molecule has 1 aromatic rings. The molecule has 3 N–H and O–H groups in total. The average Bonchev–Trinajstić information content (AvgIpc) is 2.45. The SMILES string of the molecule is COc1cc(OC)c(C(=O)N[C@@H](C)CN)cc1OC. The fourth-order valence-electron chi connectivity index (χ4n) is 1.57. The molecule has 0 saturated carbocycles. The third-order valence-corrected chi connectivity index (χ3v) is 2.68. The van der Waals surface area contributed by atoms with E-state index in [9.17, 15) is 4.79 Å². The summed E-state index contributed by atoms with van der Waals surface area (Å²) in [6, 6.07) is 3.07. The van der Waals surface area contributed by atoms with Gasteiger partial charge >= 0.3 is 0 Å². The molecular formula is C13H20N2O4. The van der Waals surface area contributed by atoms with Crippen LogP contribution in [0.1, 0.15) is 17.3 Å². The van der Waals surface area contributed by atoms with Crippen LogP contribution in [0.2, 0.25) is 0 Å². The van der Waals surface area contributed by atoms with Crippen molar-refractivity contribution in [1.29, 1.82) is 0 Å². The Morgan fingerprint density at radius 3 is 2.16 bits per heavy atom. The molecule has 0 bridgehead atoms. The summed E-state index contributed by atoms with van der Waals surface area (Å²) in [6.45, 7) is 2.19. The number of carbonyl (C=O) groups excluding carboxylic acids is 1. The van der Waals surface area contributed by atoms with Gasteiger partial charge in [0.05, 0.1) is 26.9 Å². The van der Waals surface area contributed by atoms with E-state index in [0.717, 1.165) is 0 Å². The van der Waals surface area contributed by atoms with Crippen LogP contribution in [0.15, 0.2) is 12.1 Å². The highest BCUT2D eigenvalue weighted by atomic mass is 16.5. The van der Waals surface area contributed by atoms with E-state index >= 15 is 0 Å². The Morgan fingerprint density at radius 2 is 1.68 bits per heavy atom. The Hall–Kier alpha value is -1.95. The second-order valence-electron chi connectivity index (χ2n) is 4.02. The number of hydrogen-bond donors (Lipinski definition) is 2. The van der Waals surface area contributed by atoms with Crippen LogP contribution in [0, 0.1) is 0 Å². The van der Waals surface area contributed by atoms with Crippen molar-refractivity contribution in [3.8, 4) is 17.2 Å². The van der Waals surface area contributed by atoms with Crippen LogP contribution in [-0.2, 0) is 0 Å². The first-order chi connectivity index (χ1) is 9.07. The molecule has 1 atom stereocenters. The topological polar surface area (TPSA) is 82.8 Å². The number of rotatable bonds is 6. The van der Waals surface area contributed by atoms with Gasteiger partial charge in [-0.15, -0.1) is 0 Å². The van der Waals surface area contributed by atoms with Gasteiger partial charge in [-0.3, -0.25) is 4.79 Å². The Bertz CT molecular complexity index is 449. The van der Waals surface area contributed by atoms with Crippen LogP contribution < -0.4 is 25.3 Å². The Labute approximate surface area is 112 Å². The Morgan fingerprint density at radius 1 is 1.16 bits per heavy atom. The lowest BCUT2D eigenvalue weighted by molar-refractivity contribution is 0.0937. The number of carbonyl (C=O) groups is 1. The molecule has 1 aromatic carbocycles. The molecule has 106 valence electrons. The minimum absolute atomic E-state index is 0.120. The summed E-state index contributed by atoms with van der Waals surface area (Å²) in [6.07, 6.45) is 0. The first-order valence-electron chi connectivity index (χ1n) is 5.88. The van der Waals surface area contributed by atoms with E-state index in [2.05, 4.69) is 5.32 Å². The van der Waals surface area contributed by atoms with Gasteiger partial charge in [-0.1, -0.05) is 0 Å². The van der Waals surface area contributed by atoms with E-state index in [0.29, 0.717) is 29.4 Å². The number of nitrogens with two attached hydrogens (primary N) is 1. The summed E-state index contributed by atoms with van der Waals surface area (Å²) in [4.78, 5) is 12.1. The molecule has 1 rings (SSSR count). The third kappa shape index (κ3) is 3.51. The number of amides is 1. The maximum atomic E-state index is 12.1. The van der Waals surface area contributed by atoms with Crippen LogP contribution in [0.4, 0.5) is 0 Å². The van der Waals surface area contributed by atoms with Gasteiger partial charge in [-0.2, -0.15) is 0 Å². The molecule has 0 heterocycles. The zero-order valence-electron chi connectivity index (χ0n) is 11.6. The van der Waals surface area contributed by atoms with Gasteiger partial charge < -0.3 is 25.3 Å². The van der Waals surface area contributed by atoms with E-state index in [-0.39, 0.29) is 11.9 Å². The van der Waals surface area contributed by atoms with Gasteiger partial charge in [-0.25, -0.2) is 0 Å². The van der Waals surface area contributed by atoms with Gasteiger partial charge in [0.2, 0.25) is 0 Å². The molecule has 0 aromatic heterocycles. The average molecular weight is 268 g/mol. The minimum atomic E-state index is -0.268. The summed E-state index contributed by atoms with van der Waals surface area (Å²) in [5.41, 5.74) is 5.86. The first kappa shape index (κ1) is 15.1. The number of hydrogen-bond acceptors (Lipinski definition) is 5. The van der Waals surface area contributed by atoms with Crippen molar-refractivity contribution < 1.29 is 19.0 Å². The lowest BCUT2D eigenvalue weighted by Gasteiger charge is -2.16. The molecule has 6 heteroatoms. The van der Waals surface area contributed by atoms with Gasteiger partial charge in [0.1, 0.15) is 5.75 Å². The summed E-state index contributed by atoms with van der Waals surface area (Å²) < 4.78 is 15.5. The third-order valence-electron chi connectivity index (χ3n) is 2.68. The maximum absolute atomic E-state index is 12.1. The standard InChI is InChI=1S/C13H20N2O4/c1-8(7-14)15-13(16)9-5-11(18-3)12(19-4)6-10(9)17-2/h5-6,8H,7,14H2,1-4H3,(H,15,16)/t8-/m0/s1. The summed E-state index contributed by atoms with van der Waals surface area (Å²) in [5.74, 6) is 1.12. The highest BCUT2D eigenvalue weighted by Crippen LogP contribution is 2.34. The zero-order valence-corrected chi connectivity index (χ0v) is 11.6. The summed E-state index contributed by atoms with van der Waals surface area (Å²) in [5, 5.41) is 2.77. The van der Waals surface area contributed by atoms with Crippen LogP contribution in [0.5, 0.6) is 17.2 Å². The Kier molecular flexibility index (Phi) is 5.44. The van der Waals surface area contributed by atoms with Gasteiger partial charge in [0.25, 0.3) is 5.91 Å². The van der Waals surface area contributed by atoms with E-state index in [1.54, 1.807) is 12.1 Å². The predicted molar refractivity (Wildman–Crippen MR) is 72.1 cm³/mol. The largest absolute Gasteiger partial charge is 0.496 e. The number of methoxy groups -OCH3 is 3. The molecule has 0 radical (unpaired) electrons. The molecule has 6 nitrogen and oxygen atoms in total. The second-order valence-corrected chi connectivity index (χ2v) is 4.02. The van der Waals surface area contributed by atoms with Crippen molar-refractivity contribution >= 4 is 5.91 Å². The van der Waals surface area contributed by atoms with Gasteiger partial charge in [-0.05, 0) is 6.92 Å². The lowest BCUT2D eigenvalue weighted by atomic mass is 10.1. The van der Waals surface area contributed by atoms with Crippen LogP contribution in [0.25, 0.3) is 0 Å². The lowest BCUT2D eigenvalue weighted by Crippen LogP contribution is -2.37. The molecule has 0 fully saturated rings. The van der Waals surface area contributed by atoms with Crippen LogP contribution in [0.3, 0.4) is 0 Å². The van der Waals surface area contributed by atoms with E-state index in [1.807, 2.05) is 6.92 Å². The molecule has 19 heavy (non-hydrogen) atoms. The molecule has 0 aliphatic heterocycles. The molecular weight excluding hydrogens is 248 g/mol. The highest BCUT2D eigenvalue weighted by Gasteiger charge is 2.18. The second kappa shape index (κ2) is 6.84. The molecule has 0 spiro atoms. The van der Waals surface area contributed by atoms with E-state index in [1.165, 1.54) is 21.3 Å².